The number of ether oxygens (including phenoxy) is 1. The second-order valence-corrected chi connectivity index (χ2v) is 5.36. The van der Waals surface area contributed by atoms with E-state index in [1.807, 2.05) is 31.6 Å². The lowest BCUT2D eigenvalue weighted by molar-refractivity contribution is 0.451. The van der Waals surface area contributed by atoms with Crippen LogP contribution in [0.3, 0.4) is 0 Å². The van der Waals surface area contributed by atoms with Crippen LogP contribution in [-0.2, 0) is 6.54 Å². The number of hydrogen-bond donors (Lipinski definition) is 0. The molecule has 0 spiro atoms. The van der Waals surface area contributed by atoms with Crippen LogP contribution in [0.1, 0.15) is 44.5 Å². The third kappa shape index (κ3) is 3.28. The summed E-state index contributed by atoms with van der Waals surface area (Å²) in [6.07, 6.45) is 4.56. The quantitative estimate of drug-likeness (QED) is 0.783. The molecule has 0 bridgehead atoms. The van der Waals surface area contributed by atoms with Crippen LogP contribution < -0.4 is 4.74 Å². The molecule has 0 aliphatic rings. The summed E-state index contributed by atoms with van der Waals surface area (Å²) >= 11 is 6.13. The molecule has 2 aromatic heterocycles. The Morgan fingerprint density at radius 1 is 1.35 bits per heavy atom. The highest BCUT2D eigenvalue weighted by Gasteiger charge is 2.14. The zero-order valence-corrected chi connectivity index (χ0v) is 13.0. The van der Waals surface area contributed by atoms with E-state index in [0.717, 1.165) is 18.5 Å². The summed E-state index contributed by atoms with van der Waals surface area (Å²) in [5.41, 5.74) is 0.735. The standard InChI is InChI=1S/C14H19ClN4O/c1-5-6-19-8-11(7-16-19)20-14-10(4)12(15)17-13(18-14)9(2)3/h7-9H,5-6H2,1-4H3. The molecule has 0 N–H and O–H groups in total. The van der Waals surface area contributed by atoms with Crippen molar-refractivity contribution in [2.45, 2.75) is 46.6 Å². The Morgan fingerprint density at radius 3 is 2.75 bits per heavy atom. The predicted molar refractivity (Wildman–Crippen MR) is 78.5 cm³/mol. The van der Waals surface area contributed by atoms with Crippen LogP contribution in [-0.4, -0.2) is 19.7 Å². The molecular weight excluding hydrogens is 276 g/mol. The van der Waals surface area contributed by atoms with Gasteiger partial charge in [-0.15, -0.1) is 0 Å². The van der Waals surface area contributed by atoms with E-state index in [2.05, 4.69) is 22.0 Å². The van der Waals surface area contributed by atoms with Crippen LogP contribution in [0.2, 0.25) is 5.15 Å². The van der Waals surface area contributed by atoms with Gasteiger partial charge in [0.2, 0.25) is 5.88 Å². The Labute approximate surface area is 124 Å². The summed E-state index contributed by atoms with van der Waals surface area (Å²) in [5, 5.41) is 4.66. The van der Waals surface area contributed by atoms with Crippen molar-refractivity contribution in [3.8, 4) is 11.6 Å². The molecule has 0 aliphatic heterocycles. The average molecular weight is 295 g/mol. The molecule has 2 heterocycles. The van der Waals surface area contributed by atoms with Crippen molar-refractivity contribution in [1.29, 1.82) is 0 Å². The summed E-state index contributed by atoms with van der Waals surface area (Å²) in [6.45, 7) is 8.85. The first-order valence-electron chi connectivity index (χ1n) is 6.75. The molecule has 108 valence electrons. The molecule has 2 rings (SSSR count). The first-order valence-corrected chi connectivity index (χ1v) is 7.13. The van der Waals surface area contributed by atoms with Gasteiger partial charge in [0.25, 0.3) is 0 Å². The van der Waals surface area contributed by atoms with Crippen LogP contribution in [0.5, 0.6) is 11.6 Å². The second kappa shape index (κ2) is 6.22. The van der Waals surface area contributed by atoms with E-state index in [9.17, 15) is 0 Å². The van der Waals surface area contributed by atoms with E-state index in [4.69, 9.17) is 16.3 Å². The minimum Gasteiger partial charge on any atom is -0.435 e. The Balaban J connectivity index is 2.27. The Kier molecular flexibility index (Phi) is 4.60. The molecule has 0 aromatic carbocycles. The normalized spacial score (nSPS) is 11.1. The molecule has 0 saturated heterocycles. The Hall–Kier alpha value is -1.62. The van der Waals surface area contributed by atoms with Crippen LogP contribution >= 0.6 is 11.6 Å². The van der Waals surface area contributed by atoms with Crippen molar-refractivity contribution >= 4 is 11.6 Å². The van der Waals surface area contributed by atoms with Gasteiger partial charge in [-0.2, -0.15) is 10.1 Å². The van der Waals surface area contributed by atoms with Crippen molar-refractivity contribution in [2.75, 3.05) is 0 Å². The Bertz CT molecular complexity index is 595. The maximum atomic E-state index is 6.13. The minimum atomic E-state index is 0.193. The van der Waals surface area contributed by atoms with Gasteiger partial charge in [0.1, 0.15) is 11.0 Å². The lowest BCUT2D eigenvalue weighted by Crippen LogP contribution is -2.02. The van der Waals surface area contributed by atoms with Gasteiger partial charge in [0, 0.05) is 18.0 Å². The number of nitrogens with zero attached hydrogens (tertiary/aromatic N) is 4. The molecule has 0 aliphatic carbocycles. The maximum absolute atomic E-state index is 6.13. The van der Waals surface area contributed by atoms with E-state index >= 15 is 0 Å². The molecule has 2 aromatic rings. The van der Waals surface area contributed by atoms with E-state index in [-0.39, 0.29) is 5.92 Å². The molecule has 0 amide bonds. The van der Waals surface area contributed by atoms with Crippen molar-refractivity contribution in [2.24, 2.45) is 0 Å². The third-order valence-electron chi connectivity index (χ3n) is 2.85. The van der Waals surface area contributed by atoms with Gasteiger partial charge in [-0.1, -0.05) is 32.4 Å². The minimum absolute atomic E-state index is 0.193. The topological polar surface area (TPSA) is 52.8 Å². The fourth-order valence-electron chi connectivity index (χ4n) is 1.70. The van der Waals surface area contributed by atoms with Gasteiger partial charge in [-0.05, 0) is 13.3 Å². The van der Waals surface area contributed by atoms with Gasteiger partial charge >= 0.3 is 0 Å². The SMILES string of the molecule is CCCn1cc(Oc2nc(C(C)C)nc(Cl)c2C)cn1. The third-order valence-corrected chi connectivity index (χ3v) is 3.22. The fourth-order valence-corrected chi connectivity index (χ4v) is 1.87. The first-order chi connectivity index (χ1) is 9.51. The van der Waals surface area contributed by atoms with Crippen LogP contribution in [0.15, 0.2) is 12.4 Å². The monoisotopic (exact) mass is 294 g/mol. The number of rotatable bonds is 5. The fraction of sp³-hybridized carbons (Fsp3) is 0.500. The molecular formula is C14H19ClN4O. The number of aryl methyl sites for hydroxylation is 1. The molecule has 0 saturated carbocycles. The summed E-state index contributed by atoms with van der Waals surface area (Å²) < 4.78 is 7.63. The van der Waals surface area contributed by atoms with Gasteiger partial charge in [-0.25, -0.2) is 4.98 Å². The highest BCUT2D eigenvalue weighted by Crippen LogP contribution is 2.28. The average Bonchev–Trinajstić information content (AvgIpc) is 2.82. The number of halogens is 1. The molecule has 0 atom stereocenters. The molecule has 0 radical (unpaired) electrons. The van der Waals surface area contributed by atoms with E-state index in [1.54, 1.807) is 6.20 Å². The van der Waals surface area contributed by atoms with Gasteiger partial charge in [0.05, 0.1) is 12.4 Å². The van der Waals surface area contributed by atoms with Crippen molar-refractivity contribution < 1.29 is 4.74 Å². The molecule has 0 fully saturated rings. The summed E-state index contributed by atoms with van der Waals surface area (Å²) in [5.74, 6) is 2.02. The Morgan fingerprint density at radius 2 is 2.10 bits per heavy atom. The van der Waals surface area contributed by atoms with Gasteiger partial charge < -0.3 is 4.74 Å². The van der Waals surface area contributed by atoms with E-state index in [0.29, 0.717) is 22.6 Å². The summed E-state index contributed by atoms with van der Waals surface area (Å²) in [7, 11) is 0. The summed E-state index contributed by atoms with van der Waals surface area (Å²) in [4.78, 5) is 8.69. The predicted octanol–water partition coefficient (Wildman–Crippen LogP) is 3.96. The summed E-state index contributed by atoms with van der Waals surface area (Å²) in [6, 6.07) is 0. The lowest BCUT2D eigenvalue weighted by atomic mass is 10.2. The zero-order chi connectivity index (χ0) is 14.7. The highest BCUT2D eigenvalue weighted by atomic mass is 35.5. The number of aromatic nitrogens is 4. The maximum Gasteiger partial charge on any atom is 0.227 e. The van der Waals surface area contributed by atoms with E-state index in [1.165, 1.54) is 0 Å². The lowest BCUT2D eigenvalue weighted by Gasteiger charge is -2.10. The van der Waals surface area contributed by atoms with Crippen LogP contribution in [0.4, 0.5) is 0 Å². The largest absolute Gasteiger partial charge is 0.435 e. The zero-order valence-electron chi connectivity index (χ0n) is 12.2. The van der Waals surface area contributed by atoms with Crippen LogP contribution in [0, 0.1) is 6.92 Å². The molecule has 20 heavy (non-hydrogen) atoms. The van der Waals surface area contributed by atoms with Crippen LogP contribution in [0.25, 0.3) is 0 Å². The smallest absolute Gasteiger partial charge is 0.227 e. The van der Waals surface area contributed by atoms with E-state index < -0.39 is 0 Å². The molecule has 5 nitrogen and oxygen atoms in total. The van der Waals surface area contributed by atoms with Crippen molar-refractivity contribution in [3.63, 3.8) is 0 Å². The van der Waals surface area contributed by atoms with Crippen molar-refractivity contribution in [3.05, 3.63) is 28.9 Å². The highest BCUT2D eigenvalue weighted by molar-refractivity contribution is 6.30. The first kappa shape index (κ1) is 14.8. The second-order valence-electron chi connectivity index (χ2n) is 5.00. The molecule has 6 heteroatoms. The molecule has 0 unspecified atom stereocenters. The van der Waals surface area contributed by atoms with Gasteiger partial charge in [0.15, 0.2) is 5.75 Å². The van der Waals surface area contributed by atoms with Gasteiger partial charge in [-0.3, -0.25) is 4.68 Å². The number of hydrogen-bond acceptors (Lipinski definition) is 4. The van der Waals surface area contributed by atoms with Crippen molar-refractivity contribution in [1.82, 2.24) is 19.7 Å².